The van der Waals surface area contributed by atoms with Gasteiger partial charge in [0.25, 0.3) is 11.6 Å². The third kappa shape index (κ3) is 6.13. The van der Waals surface area contributed by atoms with Crippen LogP contribution < -0.4 is 15.4 Å². The number of rotatable bonds is 6. The normalized spacial score (nSPS) is 10.5. The maximum absolute atomic E-state index is 12.2. The molecule has 0 radical (unpaired) electrons. The summed E-state index contributed by atoms with van der Waals surface area (Å²) in [5.74, 6) is 0.0497. The minimum atomic E-state index is -0.605. The van der Waals surface area contributed by atoms with E-state index in [2.05, 4.69) is 26.6 Å². The van der Waals surface area contributed by atoms with Crippen molar-refractivity contribution >= 4 is 50.5 Å². The van der Waals surface area contributed by atoms with Crippen molar-refractivity contribution in [2.24, 2.45) is 0 Å². The highest BCUT2D eigenvalue weighted by Crippen LogP contribution is 2.32. The van der Waals surface area contributed by atoms with Crippen molar-refractivity contribution in [2.75, 3.05) is 11.9 Å². The summed E-state index contributed by atoms with van der Waals surface area (Å²) in [4.78, 5) is 22.4. The van der Waals surface area contributed by atoms with Crippen molar-refractivity contribution in [3.8, 4) is 11.5 Å². The predicted molar refractivity (Wildman–Crippen MR) is 118 cm³/mol. The zero-order chi connectivity index (χ0) is 21.7. The number of carbonyl (C=O) groups is 1. The molecular formula is C19H20BrN3O5S. The lowest BCUT2D eigenvalue weighted by molar-refractivity contribution is -0.384. The van der Waals surface area contributed by atoms with Crippen LogP contribution in [-0.2, 0) is 4.79 Å². The van der Waals surface area contributed by atoms with Gasteiger partial charge in [0.15, 0.2) is 11.7 Å². The predicted octanol–water partition coefficient (Wildman–Crippen LogP) is 4.39. The third-order valence-electron chi connectivity index (χ3n) is 3.96. The van der Waals surface area contributed by atoms with E-state index >= 15 is 0 Å². The summed E-state index contributed by atoms with van der Waals surface area (Å²) in [7, 11) is 0. The zero-order valence-corrected chi connectivity index (χ0v) is 18.4. The van der Waals surface area contributed by atoms with Crippen LogP contribution in [0.4, 0.5) is 11.4 Å². The first-order valence-corrected chi connectivity index (χ1v) is 9.79. The number of carbonyl (C=O) groups excluding carboxylic acids is 1. The zero-order valence-electron chi connectivity index (χ0n) is 16.0. The van der Waals surface area contributed by atoms with E-state index in [0.29, 0.717) is 5.75 Å². The van der Waals surface area contributed by atoms with Gasteiger partial charge in [0.1, 0.15) is 11.5 Å². The lowest BCUT2D eigenvalue weighted by atomic mass is 10.0. The number of thiocarbonyl (C=S) groups is 1. The number of benzene rings is 2. The monoisotopic (exact) mass is 481 g/mol. The minimum Gasteiger partial charge on any atom is -0.506 e. The lowest BCUT2D eigenvalue weighted by Crippen LogP contribution is -2.37. The fourth-order valence-corrected chi connectivity index (χ4v) is 3.03. The molecule has 0 saturated carbocycles. The quantitative estimate of drug-likeness (QED) is 0.242. The number of nitro groups is 1. The molecule has 10 heteroatoms. The summed E-state index contributed by atoms with van der Waals surface area (Å²) in [6.45, 7) is 5.69. The van der Waals surface area contributed by atoms with Gasteiger partial charge in [-0.25, -0.2) is 0 Å². The molecule has 0 unspecified atom stereocenters. The Kier molecular flexibility index (Phi) is 7.52. The van der Waals surface area contributed by atoms with Crippen LogP contribution in [0.1, 0.15) is 30.9 Å². The molecule has 0 heterocycles. The van der Waals surface area contributed by atoms with Crippen LogP contribution in [0.15, 0.2) is 34.8 Å². The Morgan fingerprint density at radius 2 is 2.03 bits per heavy atom. The average Bonchev–Trinajstić information content (AvgIpc) is 2.63. The van der Waals surface area contributed by atoms with Crippen LogP contribution >= 0.6 is 28.1 Å². The van der Waals surface area contributed by atoms with Crippen molar-refractivity contribution in [3.63, 3.8) is 0 Å². The summed E-state index contributed by atoms with van der Waals surface area (Å²) in [5.41, 5.74) is 1.71. The number of anilines is 1. The summed E-state index contributed by atoms with van der Waals surface area (Å²) < 4.78 is 6.62. The average molecular weight is 482 g/mol. The summed E-state index contributed by atoms with van der Waals surface area (Å²) in [6.07, 6.45) is 0. The Morgan fingerprint density at radius 1 is 1.34 bits per heavy atom. The number of nitro benzene ring substituents is 1. The Morgan fingerprint density at radius 3 is 2.66 bits per heavy atom. The van der Waals surface area contributed by atoms with Gasteiger partial charge in [0.2, 0.25) is 0 Å². The highest BCUT2D eigenvalue weighted by Gasteiger charge is 2.15. The van der Waals surface area contributed by atoms with E-state index < -0.39 is 10.8 Å². The number of nitrogens with one attached hydrogen (secondary N) is 2. The molecule has 29 heavy (non-hydrogen) atoms. The van der Waals surface area contributed by atoms with E-state index in [-0.39, 0.29) is 34.8 Å². The van der Waals surface area contributed by atoms with Gasteiger partial charge in [0, 0.05) is 16.6 Å². The number of hydrogen-bond acceptors (Lipinski definition) is 6. The second-order valence-electron chi connectivity index (χ2n) is 6.54. The van der Waals surface area contributed by atoms with Crippen LogP contribution in [0.3, 0.4) is 0 Å². The molecule has 0 aliphatic carbocycles. The highest BCUT2D eigenvalue weighted by molar-refractivity contribution is 9.10. The van der Waals surface area contributed by atoms with Crippen LogP contribution in [0.25, 0.3) is 0 Å². The van der Waals surface area contributed by atoms with Crippen LogP contribution in [0.2, 0.25) is 0 Å². The molecule has 154 valence electrons. The maximum Gasteiger partial charge on any atom is 0.271 e. The first-order valence-electron chi connectivity index (χ1n) is 8.59. The van der Waals surface area contributed by atoms with E-state index in [1.165, 1.54) is 0 Å². The molecule has 2 aromatic carbocycles. The van der Waals surface area contributed by atoms with E-state index in [9.17, 15) is 20.0 Å². The van der Waals surface area contributed by atoms with Gasteiger partial charge >= 0.3 is 0 Å². The number of halogens is 1. The smallest absolute Gasteiger partial charge is 0.271 e. The number of non-ortho nitro benzene ring substituents is 1. The molecule has 0 saturated heterocycles. The van der Waals surface area contributed by atoms with Gasteiger partial charge in [0.05, 0.1) is 10.6 Å². The van der Waals surface area contributed by atoms with Gasteiger partial charge in [-0.3, -0.25) is 20.2 Å². The fourth-order valence-electron chi connectivity index (χ4n) is 2.44. The molecular weight excluding hydrogens is 462 g/mol. The molecule has 3 N–H and O–H groups in total. The van der Waals surface area contributed by atoms with Gasteiger partial charge in [-0.05, 0) is 54.4 Å². The standard InChI is InChI=1S/C19H20BrN3O5S/c1-10(2)13-8-14(20)11(3)6-17(13)28-9-18(25)22-19(29)21-15-7-12(23(26)27)4-5-16(15)24/h4-8,10,24H,9H2,1-3H3,(H2,21,22,25,29). The van der Waals surface area contributed by atoms with Gasteiger partial charge < -0.3 is 15.2 Å². The van der Waals surface area contributed by atoms with Gasteiger partial charge in [-0.15, -0.1) is 0 Å². The number of nitrogens with zero attached hydrogens (tertiary/aromatic N) is 1. The number of phenols is 1. The number of aromatic hydroxyl groups is 1. The van der Waals surface area contributed by atoms with Crippen molar-refractivity contribution < 1.29 is 19.6 Å². The number of ether oxygens (including phenoxy) is 1. The van der Waals surface area contributed by atoms with Crippen LogP contribution in [0, 0.1) is 17.0 Å². The van der Waals surface area contributed by atoms with Gasteiger partial charge in [-0.2, -0.15) is 0 Å². The molecule has 0 atom stereocenters. The summed E-state index contributed by atoms with van der Waals surface area (Å²) in [6, 6.07) is 7.25. The molecule has 0 spiro atoms. The van der Waals surface area contributed by atoms with Crippen molar-refractivity contribution in [1.29, 1.82) is 0 Å². The summed E-state index contributed by atoms with van der Waals surface area (Å²) in [5, 5.41) is 25.5. The molecule has 0 fully saturated rings. The maximum atomic E-state index is 12.2. The molecule has 2 rings (SSSR count). The van der Waals surface area contributed by atoms with E-state index in [1.807, 2.05) is 32.9 Å². The lowest BCUT2D eigenvalue weighted by Gasteiger charge is -2.16. The minimum absolute atomic E-state index is 0.0102. The SMILES string of the molecule is Cc1cc(OCC(=O)NC(=S)Nc2cc([N+](=O)[O-])ccc2O)c(C(C)C)cc1Br. The molecule has 8 nitrogen and oxygen atoms in total. The Balaban J connectivity index is 2.00. The van der Waals surface area contributed by atoms with Crippen molar-refractivity contribution in [1.82, 2.24) is 5.32 Å². The third-order valence-corrected chi connectivity index (χ3v) is 5.02. The second kappa shape index (κ2) is 9.66. The van der Waals surface area contributed by atoms with E-state index in [4.69, 9.17) is 17.0 Å². The number of phenolic OH excluding ortho intramolecular Hbond substituents is 1. The topological polar surface area (TPSA) is 114 Å². The second-order valence-corrected chi connectivity index (χ2v) is 7.81. The van der Waals surface area contributed by atoms with E-state index in [0.717, 1.165) is 33.8 Å². The fraction of sp³-hybridized carbons (Fsp3) is 0.263. The largest absolute Gasteiger partial charge is 0.506 e. The van der Waals surface area contributed by atoms with Crippen molar-refractivity contribution in [3.05, 3.63) is 56.0 Å². The van der Waals surface area contributed by atoms with Crippen LogP contribution in [0.5, 0.6) is 11.5 Å². The van der Waals surface area contributed by atoms with Gasteiger partial charge in [-0.1, -0.05) is 29.8 Å². The Labute approximate surface area is 181 Å². The molecule has 2 aromatic rings. The van der Waals surface area contributed by atoms with Crippen molar-refractivity contribution in [2.45, 2.75) is 26.7 Å². The molecule has 0 aliphatic rings. The Bertz CT molecular complexity index is 965. The molecule has 1 amide bonds. The first-order chi connectivity index (χ1) is 13.6. The number of aryl methyl sites for hydroxylation is 1. The first kappa shape index (κ1) is 22.6. The number of amides is 1. The summed E-state index contributed by atoms with van der Waals surface area (Å²) >= 11 is 8.52. The molecule has 0 aromatic heterocycles. The molecule has 0 bridgehead atoms. The van der Waals surface area contributed by atoms with E-state index in [1.54, 1.807) is 0 Å². The molecule has 0 aliphatic heterocycles. The highest BCUT2D eigenvalue weighted by atomic mass is 79.9. The Hall–Kier alpha value is -2.72. The number of hydrogen-bond donors (Lipinski definition) is 3. The van der Waals surface area contributed by atoms with Crippen LogP contribution in [-0.4, -0.2) is 27.7 Å².